The molecule has 0 aromatic rings. The fourth-order valence-corrected chi connectivity index (χ4v) is 3.12. The molecule has 0 aliphatic heterocycles. The molecule has 78 valence electrons. The molecule has 14 heavy (non-hydrogen) atoms. The minimum Gasteiger partial charge on any atom is -0.299 e. The molecule has 3 unspecified atom stereocenters. The SMILES string of the molecule is CC(C)CC1C(=O)C2(C)CCC=CC12. The third kappa shape index (κ3) is 1.25. The summed E-state index contributed by atoms with van der Waals surface area (Å²) in [6.45, 7) is 6.56. The molecule has 2 aliphatic rings. The van der Waals surface area contributed by atoms with Crippen LogP contribution in [0.4, 0.5) is 0 Å². The molecule has 0 saturated heterocycles. The summed E-state index contributed by atoms with van der Waals surface area (Å²) < 4.78 is 0. The highest BCUT2D eigenvalue weighted by atomic mass is 16.1. The molecule has 0 aromatic carbocycles. The van der Waals surface area contributed by atoms with Crippen molar-refractivity contribution in [2.45, 2.75) is 40.0 Å². The van der Waals surface area contributed by atoms with Crippen LogP contribution in [0.25, 0.3) is 0 Å². The summed E-state index contributed by atoms with van der Waals surface area (Å²) in [7, 11) is 0. The first-order chi connectivity index (χ1) is 6.55. The largest absolute Gasteiger partial charge is 0.299 e. The first-order valence-corrected chi connectivity index (χ1v) is 5.76. The number of carbonyl (C=O) groups is 1. The average Bonchev–Trinajstić information content (AvgIpc) is 2.14. The van der Waals surface area contributed by atoms with Gasteiger partial charge in [-0.05, 0) is 31.1 Å². The van der Waals surface area contributed by atoms with Crippen molar-refractivity contribution in [3.8, 4) is 0 Å². The highest BCUT2D eigenvalue weighted by Gasteiger charge is 2.57. The lowest BCUT2D eigenvalue weighted by Gasteiger charge is -2.52. The first kappa shape index (κ1) is 9.95. The molecule has 2 rings (SSSR count). The lowest BCUT2D eigenvalue weighted by Crippen LogP contribution is -2.56. The van der Waals surface area contributed by atoms with Gasteiger partial charge in [0, 0.05) is 11.3 Å². The summed E-state index contributed by atoms with van der Waals surface area (Å²) in [5.74, 6) is 2.05. The molecule has 1 heteroatoms. The van der Waals surface area contributed by atoms with E-state index in [0.29, 0.717) is 23.5 Å². The highest BCUT2D eigenvalue weighted by Crippen LogP contribution is 2.55. The quantitative estimate of drug-likeness (QED) is 0.614. The molecular formula is C13H20O. The van der Waals surface area contributed by atoms with Crippen molar-refractivity contribution in [1.82, 2.24) is 0 Å². The van der Waals surface area contributed by atoms with E-state index in [4.69, 9.17) is 0 Å². The van der Waals surface area contributed by atoms with E-state index in [-0.39, 0.29) is 5.41 Å². The second-order valence-corrected chi connectivity index (χ2v) is 5.51. The minimum absolute atomic E-state index is 0.00824. The van der Waals surface area contributed by atoms with Crippen LogP contribution in [-0.2, 0) is 4.79 Å². The number of hydrogen-bond acceptors (Lipinski definition) is 1. The Kier molecular flexibility index (Phi) is 2.29. The summed E-state index contributed by atoms with van der Waals surface area (Å²) in [5.41, 5.74) is 0.00824. The van der Waals surface area contributed by atoms with E-state index in [0.717, 1.165) is 19.3 Å². The van der Waals surface area contributed by atoms with E-state index in [2.05, 4.69) is 32.9 Å². The van der Waals surface area contributed by atoms with Gasteiger partial charge in [-0.2, -0.15) is 0 Å². The number of rotatable bonds is 2. The number of hydrogen-bond donors (Lipinski definition) is 0. The van der Waals surface area contributed by atoms with Crippen molar-refractivity contribution in [2.24, 2.45) is 23.2 Å². The number of allylic oxidation sites excluding steroid dienone is 2. The van der Waals surface area contributed by atoms with Crippen LogP contribution >= 0.6 is 0 Å². The predicted molar refractivity (Wildman–Crippen MR) is 57.9 cm³/mol. The molecule has 1 saturated carbocycles. The number of Topliss-reactive ketones (excluding diaryl/α,β-unsaturated/α-hetero) is 1. The summed E-state index contributed by atoms with van der Waals surface area (Å²) in [6, 6.07) is 0. The van der Waals surface area contributed by atoms with Crippen LogP contribution in [0.2, 0.25) is 0 Å². The molecule has 0 radical (unpaired) electrons. The van der Waals surface area contributed by atoms with Gasteiger partial charge in [0.1, 0.15) is 5.78 Å². The van der Waals surface area contributed by atoms with E-state index in [1.807, 2.05) is 0 Å². The number of fused-ring (bicyclic) bond motifs is 1. The molecular weight excluding hydrogens is 172 g/mol. The average molecular weight is 192 g/mol. The first-order valence-electron chi connectivity index (χ1n) is 5.76. The van der Waals surface area contributed by atoms with Gasteiger partial charge in [0.25, 0.3) is 0 Å². The maximum atomic E-state index is 12.0. The van der Waals surface area contributed by atoms with Crippen LogP contribution in [-0.4, -0.2) is 5.78 Å². The summed E-state index contributed by atoms with van der Waals surface area (Å²) >= 11 is 0. The molecule has 0 bridgehead atoms. The number of ketones is 1. The maximum absolute atomic E-state index is 12.0. The van der Waals surface area contributed by atoms with E-state index >= 15 is 0 Å². The summed E-state index contributed by atoms with van der Waals surface area (Å²) in [6.07, 6.45) is 7.78. The molecule has 0 heterocycles. The molecule has 0 N–H and O–H groups in total. The molecule has 0 amide bonds. The zero-order valence-electron chi connectivity index (χ0n) is 9.42. The second-order valence-electron chi connectivity index (χ2n) is 5.51. The predicted octanol–water partition coefficient (Wildman–Crippen LogP) is 3.20. The van der Waals surface area contributed by atoms with Crippen LogP contribution < -0.4 is 0 Å². The van der Waals surface area contributed by atoms with Crippen molar-refractivity contribution in [1.29, 1.82) is 0 Å². The van der Waals surface area contributed by atoms with Gasteiger partial charge in [0.15, 0.2) is 0 Å². The van der Waals surface area contributed by atoms with Gasteiger partial charge in [-0.25, -0.2) is 0 Å². The third-order valence-corrected chi connectivity index (χ3v) is 3.97. The third-order valence-electron chi connectivity index (χ3n) is 3.97. The van der Waals surface area contributed by atoms with Crippen LogP contribution in [0.15, 0.2) is 12.2 Å². The molecule has 2 aliphatic carbocycles. The smallest absolute Gasteiger partial charge is 0.143 e. The van der Waals surface area contributed by atoms with Gasteiger partial charge in [-0.3, -0.25) is 4.79 Å². The Balaban J connectivity index is 2.13. The summed E-state index contributed by atoms with van der Waals surface area (Å²) in [5, 5.41) is 0. The molecule has 0 aromatic heterocycles. The van der Waals surface area contributed by atoms with E-state index in [1.54, 1.807) is 0 Å². The van der Waals surface area contributed by atoms with Crippen LogP contribution in [0.1, 0.15) is 40.0 Å². The van der Waals surface area contributed by atoms with Crippen molar-refractivity contribution >= 4 is 5.78 Å². The zero-order valence-corrected chi connectivity index (χ0v) is 9.42. The fourth-order valence-electron chi connectivity index (χ4n) is 3.12. The van der Waals surface area contributed by atoms with Gasteiger partial charge in [-0.1, -0.05) is 32.9 Å². The Morgan fingerprint density at radius 2 is 2.29 bits per heavy atom. The zero-order chi connectivity index (χ0) is 10.3. The van der Waals surface area contributed by atoms with Crippen molar-refractivity contribution < 1.29 is 4.79 Å². The fraction of sp³-hybridized carbons (Fsp3) is 0.769. The van der Waals surface area contributed by atoms with E-state index in [9.17, 15) is 4.79 Å². The van der Waals surface area contributed by atoms with Crippen LogP contribution in [0.5, 0.6) is 0 Å². The lowest BCUT2D eigenvalue weighted by atomic mass is 9.49. The number of carbonyl (C=O) groups excluding carboxylic acids is 1. The second kappa shape index (κ2) is 3.22. The van der Waals surface area contributed by atoms with Gasteiger partial charge >= 0.3 is 0 Å². The highest BCUT2D eigenvalue weighted by molar-refractivity contribution is 5.94. The Labute approximate surface area is 86.6 Å². The summed E-state index contributed by atoms with van der Waals surface area (Å²) in [4.78, 5) is 12.0. The Hall–Kier alpha value is -0.590. The topological polar surface area (TPSA) is 17.1 Å². The molecule has 1 fully saturated rings. The standard InChI is InChI=1S/C13H20O/c1-9(2)8-10-11-6-4-5-7-13(11,3)12(10)14/h4,6,9-11H,5,7-8H2,1-3H3. The van der Waals surface area contributed by atoms with Crippen LogP contribution in [0, 0.1) is 23.2 Å². The van der Waals surface area contributed by atoms with Gasteiger partial charge in [-0.15, -0.1) is 0 Å². The normalized spacial score (nSPS) is 41.0. The van der Waals surface area contributed by atoms with Gasteiger partial charge < -0.3 is 0 Å². The van der Waals surface area contributed by atoms with Crippen LogP contribution in [0.3, 0.4) is 0 Å². The molecule has 0 spiro atoms. The van der Waals surface area contributed by atoms with Crippen molar-refractivity contribution in [2.75, 3.05) is 0 Å². The maximum Gasteiger partial charge on any atom is 0.143 e. The molecule has 1 nitrogen and oxygen atoms in total. The van der Waals surface area contributed by atoms with Crippen molar-refractivity contribution in [3.63, 3.8) is 0 Å². The molecule has 3 atom stereocenters. The Morgan fingerprint density at radius 1 is 1.57 bits per heavy atom. The lowest BCUT2D eigenvalue weighted by molar-refractivity contribution is -0.154. The monoisotopic (exact) mass is 192 g/mol. The van der Waals surface area contributed by atoms with Crippen molar-refractivity contribution in [3.05, 3.63) is 12.2 Å². The Bertz CT molecular complexity index is 277. The van der Waals surface area contributed by atoms with E-state index < -0.39 is 0 Å². The van der Waals surface area contributed by atoms with Gasteiger partial charge in [0.2, 0.25) is 0 Å². The van der Waals surface area contributed by atoms with E-state index in [1.165, 1.54) is 0 Å². The Morgan fingerprint density at radius 3 is 2.93 bits per heavy atom. The minimum atomic E-state index is 0.00824. The van der Waals surface area contributed by atoms with Gasteiger partial charge in [0.05, 0.1) is 0 Å².